The van der Waals surface area contributed by atoms with Crippen molar-refractivity contribution in [3.05, 3.63) is 29.6 Å². The lowest BCUT2D eigenvalue weighted by Gasteiger charge is -2.12. The van der Waals surface area contributed by atoms with Crippen molar-refractivity contribution >= 4 is 23.2 Å². The molecule has 1 atom stereocenters. The number of rotatable bonds is 4. The van der Waals surface area contributed by atoms with Crippen LogP contribution in [0.5, 0.6) is 5.75 Å². The van der Waals surface area contributed by atoms with Gasteiger partial charge in [-0.3, -0.25) is 0 Å². The molecule has 0 saturated heterocycles. The van der Waals surface area contributed by atoms with Crippen molar-refractivity contribution in [2.75, 3.05) is 6.61 Å². The highest BCUT2D eigenvalue weighted by molar-refractivity contribution is 6.44. The predicted molar refractivity (Wildman–Crippen MR) is 58.0 cm³/mol. The van der Waals surface area contributed by atoms with Crippen LogP contribution in [0.3, 0.4) is 0 Å². The van der Waals surface area contributed by atoms with Crippen LogP contribution in [0, 0.1) is 5.82 Å². The number of aliphatic hydroxyl groups is 1. The topological polar surface area (TPSA) is 29.5 Å². The Kier molecular flexibility index (Phi) is 4.64. The van der Waals surface area contributed by atoms with E-state index in [4.69, 9.17) is 27.9 Å². The quantitative estimate of drug-likeness (QED) is 0.835. The van der Waals surface area contributed by atoms with Crippen molar-refractivity contribution in [3.8, 4) is 5.75 Å². The summed E-state index contributed by atoms with van der Waals surface area (Å²) in [5.74, 6) is -0.392. The molecule has 0 spiro atoms. The summed E-state index contributed by atoms with van der Waals surface area (Å²) in [6, 6.07) is 4.12. The van der Waals surface area contributed by atoms with Crippen molar-refractivity contribution in [3.63, 3.8) is 0 Å². The summed E-state index contributed by atoms with van der Waals surface area (Å²) in [7, 11) is 0. The van der Waals surface area contributed by atoms with Gasteiger partial charge < -0.3 is 9.84 Å². The molecule has 2 nitrogen and oxygen atoms in total. The van der Waals surface area contributed by atoms with E-state index in [0.29, 0.717) is 12.2 Å². The van der Waals surface area contributed by atoms with Gasteiger partial charge in [-0.1, -0.05) is 6.07 Å². The zero-order valence-electron chi connectivity index (χ0n) is 8.08. The molecular weight excluding hydrogens is 242 g/mol. The third-order valence-corrected chi connectivity index (χ3v) is 2.31. The molecular formula is C10H11Cl2FO2. The van der Waals surface area contributed by atoms with E-state index in [2.05, 4.69) is 0 Å². The molecule has 5 heteroatoms. The molecule has 0 heterocycles. The van der Waals surface area contributed by atoms with E-state index in [1.165, 1.54) is 12.1 Å². The minimum Gasteiger partial charge on any atom is -0.491 e. The van der Waals surface area contributed by atoms with Crippen LogP contribution in [0.15, 0.2) is 18.2 Å². The Bertz CT molecular complexity index is 331. The van der Waals surface area contributed by atoms with Gasteiger partial charge in [0.2, 0.25) is 0 Å². The average molecular weight is 253 g/mol. The van der Waals surface area contributed by atoms with Crippen LogP contribution in [0.4, 0.5) is 4.39 Å². The van der Waals surface area contributed by atoms with Crippen LogP contribution < -0.4 is 4.74 Å². The number of benzene rings is 1. The summed E-state index contributed by atoms with van der Waals surface area (Å²) >= 11 is 11.0. The number of ether oxygens (including phenoxy) is 1. The van der Waals surface area contributed by atoms with Gasteiger partial charge in [-0.25, -0.2) is 4.39 Å². The summed E-state index contributed by atoms with van der Waals surface area (Å²) in [6.45, 7) is 2.14. The highest BCUT2D eigenvalue weighted by atomic mass is 35.5. The summed E-state index contributed by atoms with van der Waals surface area (Å²) in [5.41, 5.74) is 0.325. The van der Waals surface area contributed by atoms with E-state index in [9.17, 15) is 9.50 Å². The SMILES string of the molecule is CCOc1ccc(C(O)C(Cl)Cl)cc1F. The van der Waals surface area contributed by atoms with Crippen LogP contribution in [-0.2, 0) is 0 Å². The van der Waals surface area contributed by atoms with Crippen LogP contribution >= 0.6 is 23.2 Å². The Morgan fingerprint density at radius 2 is 2.13 bits per heavy atom. The van der Waals surface area contributed by atoms with E-state index in [1.807, 2.05) is 0 Å². The minimum atomic E-state index is -1.10. The van der Waals surface area contributed by atoms with E-state index < -0.39 is 16.8 Å². The van der Waals surface area contributed by atoms with Crippen molar-refractivity contribution in [1.29, 1.82) is 0 Å². The fourth-order valence-corrected chi connectivity index (χ4v) is 1.41. The lowest BCUT2D eigenvalue weighted by atomic mass is 10.1. The van der Waals surface area contributed by atoms with Crippen molar-refractivity contribution in [2.24, 2.45) is 0 Å². The number of alkyl halides is 2. The number of hydrogen-bond acceptors (Lipinski definition) is 2. The van der Waals surface area contributed by atoms with Gasteiger partial charge in [0.25, 0.3) is 0 Å². The van der Waals surface area contributed by atoms with Crippen molar-refractivity contribution < 1.29 is 14.2 Å². The fourth-order valence-electron chi connectivity index (χ4n) is 1.12. The Morgan fingerprint density at radius 3 is 2.60 bits per heavy atom. The standard InChI is InChI=1S/C10H11Cl2FO2/c1-2-15-8-4-3-6(5-7(8)13)9(14)10(11)12/h3-5,9-10,14H,2H2,1H3. The van der Waals surface area contributed by atoms with Gasteiger partial charge in [-0.2, -0.15) is 0 Å². The molecule has 0 bridgehead atoms. The van der Waals surface area contributed by atoms with E-state index in [0.717, 1.165) is 6.07 Å². The van der Waals surface area contributed by atoms with Crippen LogP contribution in [-0.4, -0.2) is 16.5 Å². The first-order valence-electron chi connectivity index (χ1n) is 4.44. The molecule has 0 radical (unpaired) electrons. The Balaban J connectivity index is 2.90. The highest BCUT2D eigenvalue weighted by Gasteiger charge is 2.17. The molecule has 0 aliphatic rings. The summed E-state index contributed by atoms with van der Waals surface area (Å²) in [4.78, 5) is -0.984. The Labute approximate surface area is 97.6 Å². The van der Waals surface area contributed by atoms with Gasteiger partial charge in [0, 0.05) is 0 Å². The monoisotopic (exact) mass is 252 g/mol. The molecule has 1 aromatic carbocycles. The Hall–Kier alpha value is -0.510. The summed E-state index contributed by atoms with van der Waals surface area (Å²) < 4.78 is 18.3. The number of halogens is 3. The largest absolute Gasteiger partial charge is 0.491 e. The van der Waals surface area contributed by atoms with Crippen molar-refractivity contribution in [1.82, 2.24) is 0 Å². The van der Waals surface area contributed by atoms with Crippen LogP contribution in [0.2, 0.25) is 0 Å². The second-order valence-corrected chi connectivity index (χ2v) is 4.07. The molecule has 0 aromatic heterocycles. The van der Waals surface area contributed by atoms with Gasteiger partial charge in [-0.05, 0) is 24.6 Å². The first-order valence-corrected chi connectivity index (χ1v) is 5.32. The van der Waals surface area contributed by atoms with Crippen molar-refractivity contribution in [2.45, 2.75) is 17.9 Å². The molecule has 0 aliphatic heterocycles. The fraction of sp³-hybridized carbons (Fsp3) is 0.400. The molecule has 0 amide bonds. The molecule has 1 N–H and O–H groups in total. The molecule has 1 aromatic rings. The second kappa shape index (κ2) is 5.54. The second-order valence-electron chi connectivity index (χ2n) is 2.90. The van der Waals surface area contributed by atoms with Gasteiger partial charge >= 0.3 is 0 Å². The molecule has 15 heavy (non-hydrogen) atoms. The van der Waals surface area contributed by atoms with Gasteiger partial charge in [0.05, 0.1) is 6.61 Å². The highest BCUT2D eigenvalue weighted by Crippen LogP contribution is 2.27. The molecule has 84 valence electrons. The zero-order chi connectivity index (χ0) is 11.4. The van der Waals surface area contributed by atoms with E-state index in [-0.39, 0.29) is 5.75 Å². The van der Waals surface area contributed by atoms with Crippen LogP contribution in [0.25, 0.3) is 0 Å². The molecule has 1 rings (SSSR count). The minimum absolute atomic E-state index is 0.147. The van der Waals surface area contributed by atoms with E-state index in [1.54, 1.807) is 6.92 Å². The van der Waals surface area contributed by atoms with E-state index >= 15 is 0 Å². The number of hydrogen-bond donors (Lipinski definition) is 1. The number of aliphatic hydroxyl groups excluding tert-OH is 1. The third kappa shape index (κ3) is 3.23. The third-order valence-electron chi connectivity index (χ3n) is 1.84. The maximum atomic E-state index is 13.3. The molecule has 0 fully saturated rings. The van der Waals surface area contributed by atoms with Crippen LogP contribution in [0.1, 0.15) is 18.6 Å². The summed E-state index contributed by atoms with van der Waals surface area (Å²) in [6.07, 6.45) is -1.10. The average Bonchev–Trinajstić information content (AvgIpc) is 2.20. The lowest BCUT2D eigenvalue weighted by Crippen LogP contribution is -2.06. The predicted octanol–water partition coefficient (Wildman–Crippen LogP) is 3.06. The maximum absolute atomic E-state index is 13.3. The lowest BCUT2D eigenvalue weighted by molar-refractivity contribution is 0.192. The van der Waals surface area contributed by atoms with Gasteiger partial charge in [0.1, 0.15) is 10.9 Å². The molecule has 0 saturated carbocycles. The van der Waals surface area contributed by atoms with Gasteiger partial charge in [-0.15, -0.1) is 23.2 Å². The first-order chi connectivity index (χ1) is 7.06. The first kappa shape index (κ1) is 12.6. The Morgan fingerprint density at radius 1 is 1.47 bits per heavy atom. The maximum Gasteiger partial charge on any atom is 0.165 e. The smallest absolute Gasteiger partial charge is 0.165 e. The zero-order valence-corrected chi connectivity index (χ0v) is 9.60. The van der Waals surface area contributed by atoms with Gasteiger partial charge in [0.15, 0.2) is 11.6 Å². The normalized spacial score (nSPS) is 12.9. The summed E-state index contributed by atoms with van der Waals surface area (Å²) in [5, 5.41) is 9.47. The molecule has 0 aliphatic carbocycles. The molecule has 1 unspecified atom stereocenters.